The first-order chi connectivity index (χ1) is 11.2. The summed E-state index contributed by atoms with van der Waals surface area (Å²) in [6.45, 7) is 2.08. The predicted octanol–water partition coefficient (Wildman–Crippen LogP) is 3.22. The van der Waals surface area contributed by atoms with E-state index in [9.17, 15) is 0 Å². The van der Waals surface area contributed by atoms with Gasteiger partial charge in [-0.3, -0.25) is 0 Å². The maximum absolute atomic E-state index is 5.80. The van der Waals surface area contributed by atoms with Gasteiger partial charge in [0.1, 0.15) is 6.04 Å². The summed E-state index contributed by atoms with van der Waals surface area (Å²) in [5, 5.41) is 7.65. The van der Waals surface area contributed by atoms with Crippen molar-refractivity contribution in [2.24, 2.45) is 0 Å². The lowest BCUT2D eigenvalue weighted by Crippen LogP contribution is -2.20. The van der Waals surface area contributed by atoms with E-state index in [1.54, 1.807) is 0 Å². The first kappa shape index (κ1) is 13.6. The summed E-state index contributed by atoms with van der Waals surface area (Å²) in [4.78, 5) is 4.30. The minimum absolute atomic E-state index is 0.0353. The minimum Gasteiger partial charge on any atom is -0.366 e. The molecule has 0 saturated heterocycles. The van der Waals surface area contributed by atoms with E-state index >= 15 is 0 Å². The van der Waals surface area contributed by atoms with Crippen LogP contribution in [0, 0.1) is 6.92 Å². The number of hydrogen-bond acceptors (Lipinski definition) is 4. The number of nitrogens with two attached hydrogens (primary N) is 1. The number of nitrogen functional groups attached to an aromatic ring is 1. The van der Waals surface area contributed by atoms with Crippen molar-refractivity contribution < 1.29 is 0 Å². The number of aromatic nitrogens is 3. The number of rotatable bonds is 2. The number of nitrogens with zero attached hydrogens (tertiary/aromatic N) is 3. The van der Waals surface area contributed by atoms with Gasteiger partial charge in [-0.25, -0.2) is 4.68 Å². The summed E-state index contributed by atoms with van der Waals surface area (Å²) >= 11 is 0. The molecule has 3 aromatic rings. The third-order valence-electron chi connectivity index (χ3n) is 3.99. The Bertz CT molecular complexity index is 862. The second-order valence-electron chi connectivity index (χ2n) is 5.67. The minimum atomic E-state index is -0.0353. The Hall–Kier alpha value is -3.08. The molecule has 0 amide bonds. The summed E-state index contributed by atoms with van der Waals surface area (Å²) in [5.41, 5.74) is 10.3. The van der Waals surface area contributed by atoms with Crippen LogP contribution in [0.4, 0.5) is 11.9 Å². The molecular weight excluding hydrogens is 286 g/mol. The quantitative estimate of drug-likeness (QED) is 0.762. The van der Waals surface area contributed by atoms with Crippen molar-refractivity contribution in [3.05, 3.63) is 77.4 Å². The van der Waals surface area contributed by atoms with Crippen LogP contribution in [-0.2, 0) is 0 Å². The molecule has 0 spiro atoms. The van der Waals surface area contributed by atoms with Crippen molar-refractivity contribution >= 4 is 17.6 Å². The Kier molecular flexibility index (Phi) is 3.12. The van der Waals surface area contributed by atoms with Crippen LogP contribution in [0.3, 0.4) is 0 Å². The molecule has 23 heavy (non-hydrogen) atoms. The van der Waals surface area contributed by atoms with Gasteiger partial charge in [-0.2, -0.15) is 4.98 Å². The summed E-state index contributed by atoms with van der Waals surface area (Å²) in [6, 6.07) is 18.6. The summed E-state index contributed by atoms with van der Waals surface area (Å²) < 4.78 is 1.83. The largest absolute Gasteiger partial charge is 0.366 e. The molecule has 1 unspecified atom stereocenters. The van der Waals surface area contributed by atoms with Gasteiger partial charge in [-0.05, 0) is 24.1 Å². The number of anilines is 2. The molecule has 0 radical (unpaired) electrons. The van der Waals surface area contributed by atoms with E-state index in [1.165, 1.54) is 5.56 Å². The van der Waals surface area contributed by atoms with E-state index in [2.05, 4.69) is 64.8 Å². The van der Waals surface area contributed by atoms with Gasteiger partial charge < -0.3 is 11.1 Å². The second-order valence-corrected chi connectivity index (χ2v) is 5.67. The standard InChI is InChI=1S/C18H17N5/c1-12-7-9-14(10-8-12)16-11-15(13-5-3-2-4-6-13)20-18-21-17(19)22-23(16)18/h2-11,16H,1H3,(H3,19,20,21,22). The molecule has 0 fully saturated rings. The normalized spacial score (nSPS) is 16.4. The monoisotopic (exact) mass is 303 g/mol. The Morgan fingerprint density at radius 1 is 1.04 bits per heavy atom. The van der Waals surface area contributed by atoms with Gasteiger partial charge >= 0.3 is 0 Å². The van der Waals surface area contributed by atoms with Crippen LogP contribution in [0.2, 0.25) is 0 Å². The molecule has 1 aliphatic heterocycles. The maximum Gasteiger partial charge on any atom is 0.241 e. The van der Waals surface area contributed by atoms with E-state index in [4.69, 9.17) is 5.73 Å². The second kappa shape index (κ2) is 5.28. The smallest absolute Gasteiger partial charge is 0.241 e. The number of aryl methyl sites for hydroxylation is 1. The van der Waals surface area contributed by atoms with Gasteiger partial charge in [-0.1, -0.05) is 60.2 Å². The molecule has 2 aromatic carbocycles. The Morgan fingerprint density at radius 2 is 1.78 bits per heavy atom. The Balaban J connectivity index is 1.83. The summed E-state index contributed by atoms with van der Waals surface area (Å²) in [6.07, 6.45) is 2.15. The lowest BCUT2D eigenvalue weighted by Gasteiger charge is -2.24. The van der Waals surface area contributed by atoms with Crippen molar-refractivity contribution in [3.63, 3.8) is 0 Å². The van der Waals surface area contributed by atoms with E-state index in [0.29, 0.717) is 5.95 Å². The van der Waals surface area contributed by atoms with Crippen LogP contribution in [-0.4, -0.2) is 14.8 Å². The van der Waals surface area contributed by atoms with Gasteiger partial charge in [-0.15, -0.1) is 5.10 Å². The molecule has 114 valence electrons. The van der Waals surface area contributed by atoms with Crippen LogP contribution in [0.15, 0.2) is 60.7 Å². The molecule has 0 saturated carbocycles. The fraction of sp³-hybridized carbons (Fsp3) is 0.111. The zero-order valence-corrected chi connectivity index (χ0v) is 12.8. The van der Waals surface area contributed by atoms with Crippen LogP contribution in [0.5, 0.6) is 0 Å². The lowest BCUT2D eigenvalue weighted by atomic mass is 10.0. The SMILES string of the molecule is Cc1ccc(C2C=C(c3ccccc3)Nc3nc(N)nn32)cc1. The molecule has 1 aliphatic rings. The third-order valence-corrected chi connectivity index (χ3v) is 3.99. The molecule has 0 aliphatic carbocycles. The number of hydrogen-bond donors (Lipinski definition) is 2. The summed E-state index contributed by atoms with van der Waals surface area (Å²) in [7, 11) is 0. The molecular formula is C18H17N5. The van der Waals surface area contributed by atoms with Crippen LogP contribution >= 0.6 is 0 Å². The highest BCUT2D eigenvalue weighted by atomic mass is 15.4. The van der Waals surface area contributed by atoms with Gasteiger partial charge in [0.25, 0.3) is 0 Å². The van der Waals surface area contributed by atoms with Gasteiger partial charge in [0, 0.05) is 5.70 Å². The zero-order chi connectivity index (χ0) is 15.8. The van der Waals surface area contributed by atoms with Crippen molar-refractivity contribution in [3.8, 4) is 0 Å². The highest BCUT2D eigenvalue weighted by Gasteiger charge is 2.24. The first-order valence-electron chi connectivity index (χ1n) is 7.53. The number of benzene rings is 2. The third kappa shape index (κ3) is 2.46. The highest BCUT2D eigenvalue weighted by Crippen LogP contribution is 2.32. The molecule has 1 atom stereocenters. The average molecular weight is 303 g/mol. The van der Waals surface area contributed by atoms with Gasteiger partial charge in [0.05, 0.1) is 0 Å². The molecule has 1 aromatic heterocycles. The molecule has 4 rings (SSSR count). The average Bonchev–Trinajstić information content (AvgIpc) is 2.96. The molecule has 0 bridgehead atoms. The number of allylic oxidation sites excluding steroid dienone is 1. The van der Waals surface area contributed by atoms with Gasteiger partial charge in [0.15, 0.2) is 0 Å². The fourth-order valence-electron chi connectivity index (χ4n) is 2.80. The van der Waals surface area contributed by atoms with Crippen molar-refractivity contribution in [1.29, 1.82) is 0 Å². The molecule has 2 heterocycles. The van der Waals surface area contributed by atoms with E-state index in [0.717, 1.165) is 16.8 Å². The van der Waals surface area contributed by atoms with E-state index in [1.807, 2.05) is 22.9 Å². The fourth-order valence-corrected chi connectivity index (χ4v) is 2.80. The molecule has 5 nitrogen and oxygen atoms in total. The van der Waals surface area contributed by atoms with Crippen molar-refractivity contribution in [2.45, 2.75) is 13.0 Å². The van der Waals surface area contributed by atoms with Crippen LogP contribution in [0.25, 0.3) is 5.70 Å². The maximum atomic E-state index is 5.80. The predicted molar refractivity (Wildman–Crippen MR) is 91.8 cm³/mol. The highest BCUT2D eigenvalue weighted by molar-refractivity contribution is 5.77. The molecule has 3 N–H and O–H groups in total. The summed E-state index contributed by atoms with van der Waals surface area (Å²) in [5.74, 6) is 0.932. The molecule has 5 heteroatoms. The van der Waals surface area contributed by atoms with E-state index < -0.39 is 0 Å². The number of nitrogens with one attached hydrogen (secondary N) is 1. The first-order valence-corrected chi connectivity index (χ1v) is 7.53. The zero-order valence-electron chi connectivity index (χ0n) is 12.8. The Labute approximate surface area is 134 Å². The van der Waals surface area contributed by atoms with Crippen molar-refractivity contribution in [1.82, 2.24) is 14.8 Å². The number of fused-ring (bicyclic) bond motifs is 1. The topological polar surface area (TPSA) is 68.8 Å². The Morgan fingerprint density at radius 3 is 2.52 bits per heavy atom. The van der Waals surface area contributed by atoms with Crippen LogP contribution in [0.1, 0.15) is 22.7 Å². The van der Waals surface area contributed by atoms with Crippen LogP contribution < -0.4 is 11.1 Å². The van der Waals surface area contributed by atoms with Crippen molar-refractivity contribution in [2.75, 3.05) is 11.1 Å². The van der Waals surface area contributed by atoms with E-state index in [-0.39, 0.29) is 12.0 Å². The lowest BCUT2D eigenvalue weighted by molar-refractivity contribution is 0.614. The van der Waals surface area contributed by atoms with Gasteiger partial charge in [0.2, 0.25) is 11.9 Å².